The van der Waals surface area contributed by atoms with Gasteiger partial charge in [-0.2, -0.15) is 0 Å². The van der Waals surface area contributed by atoms with Crippen molar-refractivity contribution in [1.82, 2.24) is 9.88 Å². The number of nitrogens with zero attached hydrogens (tertiary/aromatic N) is 2. The molecule has 1 aliphatic heterocycles. The summed E-state index contributed by atoms with van der Waals surface area (Å²) in [6.07, 6.45) is 5.04. The second-order valence-electron chi connectivity index (χ2n) is 8.34. The van der Waals surface area contributed by atoms with Crippen LogP contribution in [0, 0.1) is 0 Å². The van der Waals surface area contributed by atoms with Crippen LogP contribution < -0.4 is 9.47 Å². The van der Waals surface area contributed by atoms with E-state index in [4.69, 9.17) is 25.5 Å². The van der Waals surface area contributed by atoms with E-state index in [0.717, 1.165) is 29.8 Å². The van der Waals surface area contributed by atoms with Gasteiger partial charge in [-0.1, -0.05) is 24.1 Å². The molecule has 2 heterocycles. The van der Waals surface area contributed by atoms with Crippen LogP contribution in [0.3, 0.4) is 0 Å². The number of hydrogen-bond acceptors (Lipinski definition) is 5. The maximum absolute atomic E-state index is 6.04. The Labute approximate surface area is 198 Å². The summed E-state index contributed by atoms with van der Waals surface area (Å²) in [6, 6.07) is 20.8. The van der Waals surface area contributed by atoms with Crippen molar-refractivity contribution in [3.8, 4) is 28.7 Å². The molecule has 0 N–H and O–H groups in total. The Bertz CT molecular complexity index is 1200. The lowest BCUT2D eigenvalue weighted by atomic mass is 10.1. The van der Waals surface area contributed by atoms with E-state index in [0.29, 0.717) is 34.6 Å². The number of ether oxygens (including phenoxy) is 2. The Morgan fingerprint density at radius 3 is 2.55 bits per heavy atom. The predicted molar refractivity (Wildman–Crippen MR) is 131 cm³/mol. The SMILES string of the molecule is Clc1ccc(Oc2ccc3nc(-c4cccc(OCCCN5CCCCC5)c4)oc3c2)cc1. The molecule has 0 atom stereocenters. The monoisotopic (exact) mass is 462 g/mol. The summed E-state index contributed by atoms with van der Waals surface area (Å²) < 4.78 is 17.9. The zero-order valence-corrected chi connectivity index (χ0v) is 19.3. The lowest BCUT2D eigenvalue weighted by Gasteiger charge is -2.26. The highest BCUT2D eigenvalue weighted by Crippen LogP contribution is 2.31. The van der Waals surface area contributed by atoms with Gasteiger partial charge in [-0.25, -0.2) is 4.98 Å². The molecule has 1 fully saturated rings. The summed E-state index contributed by atoms with van der Waals surface area (Å²) in [7, 11) is 0. The minimum Gasteiger partial charge on any atom is -0.494 e. The Hall–Kier alpha value is -3.02. The van der Waals surface area contributed by atoms with E-state index in [9.17, 15) is 0 Å². The quantitative estimate of drug-likeness (QED) is 0.259. The third-order valence-corrected chi connectivity index (χ3v) is 6.08. The second kappa shape index (κ2) is 10.3. The van der Waals surface area contributed by atoms with Gasteiger partial charge in [-0.05, 0) is 86.9 Å². The van der Waals surface area contributed by atoms with Crippen molar-refractivity contribution >= 4 is 22.7 Å². The number of piperidine rings is 1. The maximum Gasteiger partial charge on any atom is 0.227 e. The fourth-order valence-electron chi connectivity index (χ4n) is 4.11. The minimum atomic E-state index is 0.562. The van der Waals surface area contributed by atoms with Crippen LogP contribution >= 0.6 is 11.6 Å². The highest BCUT2D eigenvalue weighted by Gasteiger charge is 2.12. The Balaban J connectivity index is 1.23. The topological polar surface area (TPSA) is 47.7 Å². The zero-order valence-electron chi connectivity index (χ0n) is 18.5. The molecule has 0 saturated carbocycles. The van der Waals surface area contributed by atoms with Crippen LogP contribution in [0.4, 0.5) is 0 Å². The average molecular weight is 463 g/mol. The molecule has 0 spiro atoms. The zero-order chi connectivity index (χ0) is 22.5. The molecule has 170 valence electrons. The molecule has 0 bridgehead atoms. The van der Waals surface area contributed by atoms with Crippen molar-refractivity contribution in [2.45, 2.75) is 25.7 Å². The van der Waals surface area contributed by atoms with E-state index in [-0.39, 0.29) is 0 Å². The van der Waals surface area contributed by atoms with Crippen molar-refractivity contribution in [2.24, 2.45) is 0 Å². The summed E-state index contributed by atoms with van der Waals surface area (Å²) in [5.74, 6) is 2.79. The van der Waals surface area contributed by atoms with Crippen LogP contribution in [-0.2, 0) is 0 Å². The summed E-state index contributed by atoms with van der Waals surface area (Å²) in [4.78, 5) is 7.17. The Kier molecular flexibility index (Phi) is 6.79. The van der Waals surface area contributed by atoms with Crippen LogP contribution in [0.5, 0.6) is 17.2 Å². The predicted octanol–water partition coefficient (Wildman–Crippen LogP) is 7.20. The number of oxazole rings is 1. The normalized spacial score (nSPS) is 14.5. The lowest BCUT2D eigenvalue weighted by Crippen LogP contribution is -2.31. The number of halogens is 1. The van der Waals surface area contributed by atoms with E-state index in [2.05, 4.69) is 9.88 Å². The molecule has 1 saturated heterocycles. The first-order valence-corrected chi connectivity index (χ1v) is 11.9. The van der Waals surface area contributed by atoms with Gasteiger partial charge in [0.15, 0.2) is 5.58 Å². The number of benzene rings is 3. The minimum absolute atomic E-state index is 0.562. The van der Waals surface area contributed by atoms with Gasteiger partial charge in [-0.3, -0.25) is 0 Å². The van der Waals surface area contributed by atoms with Crippen molar-refractivity contribution in [1.29, 1.82) is 0 Å². The van der Waals surface area contributed by atoms with Crippen molar-refractivity contribution < 1.29 is 13.9 Å². The molecule has 1 aromatic heterocycles. The number of fused-ring (bicyclic) bond motifs is 1. The van der Waals surface area contributed by atoms with Gasteiger partial charge in [0.1, 0.15) is 22.8 Å². The molecule has 0 aliphatic carbocycles. The van der Waals surface area contributed by atoms with Crippen molar-refractivity contribution in [3.63, 3.8) is 0 Å². The molecular weight excluding hydrogens is 436 g/mol. The largest absolute Gasteiger partial charge is 0.494 e. The smallest absolute Gasteiger partial charge is 0.227 e. The first-order valence-electron chi connectivity index (χ1n) is 11.5. The third kappa shape index (κ3) is 5.67. The van der Waals surface area contributed by atoms with Crippen LogP contribution in [0.15, 0.2) is 71.1 Å². The molecule has 0 radical (unpaired) electrons. The summed E-state index contributed by atoms with van der Waals surface area (Å²) >= 11 is 5.94. The van der Waals surface area contributed by atoms with Gasteiger partial charge in [0, 0.05) is 23.2 Å². The highest BCUT2D eigenvalue weighted by atomic mass is 35.5. The average Bonchev–Trinajstić information content (AvgIpc) is 3.28. The van der Waals surface area contributed by atoms with Crippen molar-refractivity contribution in [3.05, 3.63) is 71.8 Å². The van der Waals surface area contributed by atoms with Gasteiger partial charge in [-0.15, -0.1) is 0 Å². The van der Waals surface area contributed by atoms with E-state index in [1.165, 1.54) is 32.4 Å². The van der Waals surface area contributed by atoms with Gasteiger partial charge in [0.25, 0.3) is 0 Å². The molecule has 6 heteroatoms. The van der Waals surface area contributed by atoms with Gasteiger partial charge in [0.2, 0.25) is 5.89 Å². The molecule has 0 unspecified atom stereocenters. The fourth-order valence-corrected chi connectivity index (χ4v) is 4.24. The van der Waals surface area contributed by atoms with E-state index in [1.807, 2.05) is 54.6 Å². The van der Waals surface area contributed by atoms with E-state index in [1.54, 1.807) is 12.1 Å². The lowest BCUT2D eigenvalue weighted by molar-refractivity contribution is 0.205. The van der Waals surface area contributed by atoms with E-state index >= 15 is 0 Å². The summed E-state index contributed by atoms with van der Waals surface area (Å²) in [6.45, 7) is 4.25. The second-order valence-corrected chi connectivity index (χ2v) is 8.77. The molecular formula is C27H27ClN2O3. The molecule has 3 aromatic carbocycles. The number of rotatable bonds is 8. The highest BCUT2D eigenvalue weighted by molar-refractivity contribution is 6.30. The fraction of sp³-hybridized carbons (Fsp3) is 0.296. The third-order valence-electron chi connectivity index (χ3n) is 5.83. The molecule has 33 heavy (non-hydrogen) atoms. The summed E-state index contributed by atoms with van der Waals surface area (Å²) in [5, 5.41) is 0.672. The van der Waals surface area contributed by atoms with Gasteiger partial charge >= 0.3 is 0 Å². The Morgan fingerprint density at radius 2 is 1.70 bits per heavy atom. The van der Waals surface area contributed by atoms with Crippen molar-refractivity contribution in [2.75, 3.05) is 26.2 Å². The van der Waals surface area contributed by atoms with Crippen LogP contribution in [0.25, 0.3) is 22.6 Å². The number of hydrogen-bond donors (Lipinski definition) is 0. The standard InChI is InChI=1S/C27H27ClN2O3/c28-21-8-10-22(11-9-21)32-24-12-13-25-26(19-24)33-27(29-25)20-6-4-7-23(18-20)31-17-5-16-30-14-2-1-3-15-30/h4,6-13,18-19H,1-3,5,14-17H2. The maximum atomic E-state index is 6.04. The molecule has 0 amide bonds. The number of likely N-dealkylation sites (tertiary alicyclic amines) is 1. The molecule has 5 nitrogen and oxygen atoms in total. The van der Waals surface area contributed by atoms with E-state index < -0.39 is 0 Å². The Morgan fingerprint density at radius 1 is 0.879 bits per heavy atom. The molecule has 4 aromatic rings. The molecule has 5 rings (SSSR count). The first-order chi connectivity index (χ1) is 16.2. The first kappa shape index (κ1) is 21.8. The van der Waals surface area contributed by atoms with Crippen LogP contribution in [0.2, 0.25) is 5.02 Å². The molecule has 1 aliphatic rings. The van der Waals surface area contributed by atoms with Crippen LogP contribution in [-0.4, -0.2) is 36.1 Å². The summed E-state index contributed by atoms with van der Waals surface area (Å²) in [5.41, 5.74) is 2.34. The van der Waals surface area contributed by atoms with Gasteiger partial charge < -0.3 is 18.8 Å². The van der Waals surface area contributed by atoms with Gasteiger partial charge in [0.05, 0.1) is 6.61 Å². The van der Waals surface area contributed by atoms with Crippen LogP contribution in [0.1, 0.15) is 25.7 Å². The number of aromatic nitrogens is 1.